The van der Waals surface area contributed by atoms with E-state index in [1.54, 1.807) is 13.3 Å². The molecule has 0 aliphatic carbocycles. The minimum Gasteiger partial charge on any atom is -0.497 e. The predicted molar refractivity (Wildman–Crippen MR) is 88.1 cm³/mol. The number of benzene rings is 2. The summed E-state index contributed by atoms with van der Waals surface area (Å²) in [5.41, 5.74) is 4.02. The Hall–Kier alpha value is -2.73. The lowest BCUT2D eigenvalue weighted by molar-refractivity contribution is 0.414. The molecule has 1 unspecified atom stereocenters. The lowest BCUT2D eigenvalue weighted by Gasteiger charge is -2.18. The van der Waals surface area contributed by atoms with Crippen molar-refractivity contribution in [3.63, 3.8) is 0 Å². The number of fused-ring (bicyclic) bond motifs is 1. The average molecular weight is 290 g/mol. The molecule has 0 fully saturated rings. The Balaban J connectivity index is 2.27. The quantitative estimate of drug-likeness (QED) is 0.764. The van der Waals surface area contributed by atoms with Crippen LogP contribution in [0.3, 0.4) is 0 Å². The van der Waals surface area contributed by atoms with Crippen molar-refractivity contribution in [1.82, 2.24) is 4.98 Å². The fourth-order valence-corrected chi connectivity index (χ4v) is 3.07. The van der Waals surface area contributed by atoms with E-state index in [0.29, 0.717) is 5.56 Å². The summed E-state index contributed by atoms with van der Waals surface area (Å²) in [5.74, 6) is 1.05. The second kappa shape index (κ2) is 5.95. The first-order valence-corrected chi connectivity index (χ1v) is 7.42. The minimum absolute atomic E-state index is 0.238. The van der Waals surface area contributed by atoms with Crippen LogP contribution in [0.1, 0.15) is 36.0 Å². The Labute approximate surface area is 130 Å². The number of aromatic amines is 1. The van der Waals surface area contributed by atoms with Crippen LogP contribution in [0.2, 0.25) is 0 Å². The second-order valence-corrected chi connectivity index (χ2v) is 5.32. The van der Waals surface area contributed by atoms with Crippen LogP contribution in [0.4, 0.5) is 0 Å². The molecule has 0 amide bonds. The summed E-state index contributed by atoms with van der Waals surface area (Å²) in [6.45, 7) is 2.17. The Morgan fingerprint density at radius 3 is 2.64 bits per heavy atom. The molecule has 2 aromatic carbocycles. The predicted octanol–water partition coefficient (Wildman–Crippen LogP) is 4.59. The third-order valence-corrected chi connectivity index (χ3v) is 4.13. The third kappa shape index (κ3) is 2.33. The van der Waals surface area contributed by atoms with Crippen LogP contribution < -0.4 is 4.74 Å². The molecular formula is C19H18N2O. The minimum atomic E-state index is 0.238. The first-order valence-electron chi connectivity index (χ1n) is 7.42. The van der Waals surface area contributed by atoms with Crippen LogP contribution in [0, 0.1) is 11.3 Å². The number of ether oxygens (including phenoxy) is 1. The van der Waals surface area contributed by atoms with Gasteiger partial charge in [-0.25, -0.2) is 0 Å². The molecule has 0 saturated heterocycles. The number of methoxy groups -OCH3 is 1. The Kier molecular flexibility index (Phi) is 3.84. The lowest BCUT2D eigenvalue weighted by atomic mass is 9.86. The van der Waals surface area contributed by atoms with E-state index in [2.05, 4.69) is 48.3 Å². The van der Waals surface area contributed by atoms with E-state index in [4.69, 9.17) is 4.74 Å². The van der Waals surface area contributed by atoms with Crippen LogP contribution in [0.15, 0.2) is 48.7 Å². The van der Waals surface area contributed by atoms with Gasteiger partial charge in [0.05, 0.1) is 18.2 Å². The van der Waals surface area contributed by atoms with Crippen LogP contribution in [-0.4, -0.2) is 12.1 Å². The van der Waals surface area contributed by atoms with E-state index in [-0.39, 0.29) is 5.92 Å². The maximum Gasteiger partial charge on any atom is 0.121 e. The number of hydrogen-bond acceptors (Lipinski definition) is 2. The zero-order chi connectivity index (χ0) is 15.5. The topological polar surface area (TPSA) is 48.8 Å². The number of hydrogen-bond donors (Lipinski definition) is 1. The molecular weight excluding hydrogens is 272 g/mol. The molecule has 1 atom stereocenters. The first-order chi connectivity index (χ1) is 10.8. The molecule has 1 N–H and O–H groups in total. The van der Waals surface area contributed by atoms with Crippen molar-refractivity contribution < 1.29 is 4.74 Å². The molecule has 110 valence electrons. The Bertz CT molecular complexity index is 828. The van der Waals surface area contributed by atoms with Crippen LogP contribution in [-0.2, 0) is 0 Å². The molecule has 0 spiro atoms. The van der Waals surface area contributed by atoms with Gasteiger partial charge in [0.25, 0.3) is 0 Å². The molecule has 0 radical (unpaired) electrons. The summed E-state index contributed by atoms with van der Waals surface area (Å²) in [4.78, 5) is 3.18. The molecule has 1 heterocycles. The number of aromatic nitrogens is 1. The third-order valence-electron chi connectivity index (χ3n) is 4.13. The molecule has 0 bridgehead atoms. The smallest absolute Gasteiger partial charge is 0.121 e. The van der Waals surface area contributed by atoms with Gasteiger partial charge in [0.2, 0.25) is 0 Å². The van der Waals surface area contributed by atoms with E-state index in [0.717, 1.165) is 28.6 Å². The molecule has 3 nitrogen and oxygen atoms in total. The number of nitriles is 1. The normalized spacial score (nSPS) is 12.0. The fourth-order valence-electron chi connectivity index (χ4n) is 3.07. The van der Waals surface area contributed by atoms with E-state index in [1.165, 1.54) is 5.56 Å². The molecule has 1 aromatic heterocycles. The van der Waals surface area contributed by atoms with Crippen LogP contribution in [0.5, 0.6) is 5.75 Å². The molecule has 0 saturated carbocycles. The van der Waals surface area contributed by atoms with Gasteiger partial charge in [0.1, 0.15) is 11.8 Å². The molecule has 3 heteroatoms. The van der Waals surface area contributed by atoms with Gasteiger partial charge in [0, 0.05) is 23.6 Å². The molecule has 3 aromatic rings. The fraction of sp³-hybridized carbons (Fsp3) is 0.211. The van der Waals surface area contributed by atoms with Gasteiger partial charge in [-0.1, -0.05) is 37.3 Å². The monoisotopic (exact) mass is 290 g/mol. The van der Waals surface area contributed by atoms with Gasteiger partial charge in [-0.2, -0.15) is 5.26 Å². The average Bonchev–Trinajstić information content (AvgIpc) is 2.99. The molecule has 0 aliphatic rings. The van der Waals surface area contributed by atoms with Gasteiger partial charge < -0.3 is 9.72 Å². The number of H-pyrrole nitrogens is 1. The molecule has 0 aliphatic heterocycles. The highest BCUT2D eigenvalue weighted by atomic mass is 16.5. The lowest BCUT2D eigenvalue weighted by Crippen LogP contribution is -2.01. The first kappa shape index (κ1) is 14.2. The van der Waals surface area contributed by atoms with E-state index in [1.807, 2.05) is 12.1 Å². The van der Waals surface area contributed by atoms with Crippen molar-refractivity contribution >= 4 is 10.9 Å². The highest BCUT2D eigenvalue weighted by Crippen LogP contribution is 2.37. The summed E-state index contributed by atoms with van der Waals surface area (Å²) in [6.07, 6.45) is 2.73. The number of nitrogens with one attached hydrogen (secondary N) is 1. The van der Waals surface area contributed by atoms with Gasteiger partial charge in [-0.05, 0) is 23.6 Å². The maximum absolute atomic E-state index is 9.40. The van der Waals surface area contributed by atoms with Crippen LogP contribution in [0.25, 0.3) is 10.9 Å². The van der Waals surface area contributed by atoms with Crippen molar-refractivity contribution in [3.05, 3.63) is 65.4 Å². The largest absolute Gasteiger partial charge is 0.497 e. The second-order valence-electron chi connectivity index (χ2n) is 5.32. The van der Waals surface area contributed by atoms with Crippen molar-refractivity contribution in [2.24, 2.45) is 0 Å². The summed E-state index contributed by atoms with van der Waals surface area (Å²) in [6, 6.07) is 16.7. The highest BCUT2D eigenvalue weighted by Gasteiger charge is 2.19. The van der Waals surface area contributed by atoms with Crippen molar-refractivity contribution in [1.29, 1.82) is 5.26 Å². The summed E-state index contributed by atoms with van der Waals surface area (Å²) >= 11 is 0. The van der Waals surface area contributed by atoms with Crippen molar-refractivity contribution in [3.8, 4) is 11.8 Å². The highest BCUT2D eigenvalue weighted by molar-refractivity contribution is 5.91. The van der Waals surface area contributed by atoms with Crippen LogP contribution >= 0.6 is 0 Å². The van der Waals surface area contributed by atoms with Crippen molar-refractivity contribution in [2.75, 3.05) is 7.11 Å². The Morgan fingerprint density at radius 2 is 2.00 bits per heavy atom. The van der Waals surface area contributed by atoms with E-state index < -0.39 is 0 Å². The SMILES string of the molecule is CCC(c1ccccc1)c1cc(OC)cc2[nH]cc(C#N)c12. The maximum atomic E-state index is 9.40. The number of nitrogens with zero attached hydrogens (tertiary/aromatic N) is 1. The number of rotatable bonds is 4. The van der Waals surface area contributed by atoms with Crippen molar-refractivity contribution in [2.45, 2.75) is 19.3 Å². The van der Waals surface area contributed by atoms with Gasteiger partial charge in [0.15, 0.2) is 0 Å². The summed E-state index contributed by atoms with van der Waals surface area (Å²) in [5, 5.41) is 10.4. The molecule has 22 heavy (non-hydrogen) atoms. The summed E-state index contributed by atoms with van der Waals surface area (Å²) < 4.78 is 5.43. The molecule has 3 rings (SSSR count). The van der Waals surface area contributed by atoms with Gasteiger partial charge in [-0.3, -0.25) is 0 Å². The van der Waals surface area contributed by atoms with E-state index >= 15 is 0 Å². The zero-order valence-corrected chi connectivity index (χ0v) is 12.8. The van der Waals surface area contributed by atoms with Gasteiger partial charge in [-0.15, -0.1) is 0 Å². The van der Waals surface area contributed by atoms with Gasteiger partial charge >= 0.3 is 0 Å². The Morgan fingerprint density at radius 1 is 1.23 bits per heavy atom. The zero-order valence-electron chi connectivity index (χ0n) is 12.8. The summed E-state index contributed by atoms with van der Waals surface area (Å²) in [7, 11) is 1.67. The standard InChI is InChI=1S/C19H18N2O/c1-3-16(13-7-5-4-6-8-13)17-9-15(22-2)10-18-19(17)14(11-20)12-21-18/h4-10,12,16,21H,3H2,1-2H3. The van der Waals surface area contributed by atoms with E-state index in [9.17, 15) is 5.26 Å².